The Hall–Kier alpha value is -3.82. The minimum absolute atomic E-state index is 0.0682. The van der Waals surface area contributed by atoms with Gasteiger partial charge in [-0.2, -0.15) is 13.2 Å². The number of rotatable bonds is 5. The fraction of sp³-hybridized carbons (Fsp3) is 0.150. The molecule has 0 saturated carbocycles. The number of aromatic nitrogens is 5. The second-order valence-corrected chi connectivity index (χ2v) is 6.43. The van der Waals surface area contributed by atoms with Crippen molar-refractivity contribution in [1.29, 1.82) is 0 Å². The van der Waals surface area contributed by atoms with E-state index in [-0.39, 0.29) is 17.6 Å². The van der Waals surface area contributed by atoms with Crippen LogP contribution < -0.4 is 10.4 Å². The lowest BCUT2D eigenvalue weighted by Gasteiger charge is -2.09. The number of alkyl halides is 3. The van der Waals surface area contributed by atoms with Gasteiger partial charge in [-0.15, -0.1) is 5.10 Å². The molecule has 4 rings (SSSR count). The van der Waals surface area contributed by atoms with Gasteiger partial charge < -0.3 is 4.84 Å². The molecule has 0 saturated heterocycles. The van der Waals surface area contributed by atoms with Crippen LogP contribution in [0.2, 0.25) is 0 Å². The molecule has 0 spiro atoms. The van der Waals surface area contributed by atoms with E-state index in [0.29, 0.717) is 22.5 Å². The molecule has 0 unspecified atom stereocenters. The molecule has 7 nitrogen and oxygen atoms in total. The number of halogens is 3. The third-order valence-corrected chi connectivity index (χ3v) is 4.26. The summed E-state index contributed by atoms with van der Waals surface area (Å²) in [5.41, 5.74) is 1.34. The quantitative estimate of drug-likeness (QED) is 0.500. The van der Waals surface area contributed by atoms with E-state index in [9.17, 15) is 18.0 Å². The van der Waals surface area contributed by atoms with E-state index in [0.717, 1.165) is 4.85 Å². The SMILES string of the molecule is O=c1c2cc(-c3ccc(CC(F)(F)F)cc3)ccc2nnn1OCc1ncccn1. The average Bonchev–Trinajstić information content (AvgIpc) is 2.73. The van der Waals surface area contributed by atoms with Gasteiger partial charge in [0, 0.05) is 12.4 Å². The zero-order chi connectivity index (χ0) is 21.1. The first kappa shape index (κ1) is 19.5. The van der Waals surface area contributed by atoms with Gasteiger partial charge in [-0.3, -0.25) is 4.79 Å². The molecule has 0 atom stereocenters. The molecule has 30 heavy (non-hydrogen) atoms. The molecule has 2 aromatic carbocycles. The second-order valence-electron chi connectivity index (χ2n) is 6.43. The monoisotopic (exact) mass is 413 g/mol. The van der Waals surface area contributed by atoms with E-state index in [1.807, 2.05) is 0 Å². The first-order valence-corrected chi connectivity index (χ1v) is 8.84. The number of hydrogen-bond donors (Lipinski definition) is 0. The highest BCUT2D eigenvalue weighted by Gasteiger charge is 2.27. The predicted octanol–water partition coefficient (Wildman–Crippen LogP) is 2.98. The Labute approximate surface area is 167 Å². The summed E-state index contributed by atoms with van der Waals surface area (Å²) < 4.78 is 37.6. The molecule has 0 N–H and O–H groups in total. The highest BCUT2D eigenvalue weighted by molar-refractivity contribution is 5.83. The van der Waals surface area contributed by atoms with Gasteiger partial charge in [-0.05, 0) is 44.9 Å². The Morgan fingerprint density at radius 1 is 0.967 bits per heavy atom. The van der Waals surface area contributed by atoms with E-state index in [2.05, 4.69) is 20.3 Å². The average molecular weight is 413 g/mol. The lowest BCUT2D eigenvalue weighted by Crippen LogP contribution is -2.30. The highest BCUT2D eigenvalue weighted by atomic mass is 19.4. The van der Waals surface area contributed by atoms with Gasteiger partial charge in [0.1, 0.15) is 5.52 Å². The van der Waals surface area contributed by atoms with E-state index >= 15 is 0 Å². The third-order valence-electron chi connectivity index (χ3n) is 4.26. The molecule has 0 radical (unpaired) electrons. The smallest absolute Gasteiger partial charge is 0.384 e. The first-order chi connectivity index (χ1) is 14.4. The Morgan fingerprint density at radius 3 is 2.37 bits per heavy atom. The summed E-state index contributed by atoms with van der Waals surface area (Å²) in [5, 5.41) is 7.97. The summed E-state index contributed by atoms with van der Waals surface area (Å²) in [6.07, 6.45) is -2.16. The van der Waals surface area contributed by atoms with Crippen molar-refractivity contribution in [3.63, 3.8) is 0 Å². The van der Waals surface area contributed by atoms with Crippen molar-refractivity contribution in [2.24, 2.45) is 0 Å². The van der Waals surface area contributed by atoms with Gasteiger partial charge in [-0.25, -0.2) is 9.97 Å². The topological polar surface area (TPSA) is 82.8 Å². The maximum absolute atomic E-state index is 12.7. The van der Waals surface area contributed by atoms with Crippen LogP contribution in [-0.4, -0.2) is 31.3 Å². The number of benzene rings is 2. The van der Waals surface area contributed by atoms with Crippen molar-refractivity contribution < 1.29 is 18.0 Å². The molecule has 0 aliphatic rings. The fourth-order valence-corrected chi connectivity index (χ4v) is 2.86. The van der Waals surface area contributed by atoms with Crippen molar-refractivity contribution >= 4 is 10.9 Å². The van der Waals surface area contributed by atoms with Gasteiger partial charge in [0.2, 0.25) is 0 Å². The molecule has 2 aromatic heterocycles. The maximum Gasteiger partial charge on any atom is 0.393 e. The molecular weight excluding hydrogens is 399 g/mol. The molecule has 10 heteroatoms. The zero-order valence-electron chi connectivity index (χ0n) is 15.4. The standard InChI is InChI=1S/C20H14F3N5O2/c21-20(22,23)11-13-2-4-14(5-3-13)15-6-7-17-16(10-15)19(29)28(27-26-17)30-12-18-24-8-1-9-25-18/h1-10H,11-12H2. The molecule has 152 valence electrons. The Bertz CT molecular complexity index is 1230. The summed E-state index contributed by atoms with van der Waals surface area (Å²) in [4.78, 5) is 26.8. The molecule has 0 aliphatic carbocycles. The van der Waals surface area contributed by atoms with E-state index in [4.69, 9.17) is 4.84 Å². The van der Waals surface area contributed by atoms with Crippen LogP contribution >= 0.6 is 0 Å². The zero-order valence-corrected chi connectivity index (χ0v) is 15.4. The van der Waals surface area contributed by atoms with Crippen LogP contribution in [0.3, 0.4) is 0 Å². The van der Waals surface area contributed by atoms with Crippen LogP contribution in [0.25, 0.3) is 22.0 Å². The molecule has 4 aromatic rings. The minimum atomic E-state index is -4.26. The van der Waals surface area contributed by atoms with Crippen LogP contribution in [0.15, 0.2) is 65.7 Å². The first-order valence-electron chi connectivity index (χ1n) is 8.84. The van der Waals surface area contributed by atoms with Gasteiger partial charge in [0.25, 0.3) is 0 Å². The molecule has 0 bridgehead atoms. The Balaban J connectivity index is 1.61. The highest BCUT2D eigenvalue weighted by Crippen LogP contribution is 2.25. The summed E-state index contributed by atoms with van der Waals surface area (Å²) in [5.74, 6) is 0.374. The van der Waals surface area contributed by atoms with Gasteiger partial charge in [0.05, 0.1) is 11.8 Å². The van der Waals surface area contributed by atoms with Crippen LogP contribution in [0.5, 0.6) is 0 Å². The van der Waals surface area contributed by atoms with E-state index in [1.165, 1.54) is 12.1 Å². The van der Waals surface area contributed by atoms with Gasteiger partial charge in [0.15, 0.2) is 12.4 Å². The minimum Gasteiger partial charge on any atom is -0.384 e. The van der Waals surface area contributed by atoms with E-state index < -0.39 is 18.2 Å². The van der Waals surface area contributed by atoms with Crippen molar-refractivity contribution in [3.05, 3.63) is 82.7 Å². The summed E-state index contributed by atoms with van der Waals surface area (Å²) in [7, 11) is 0. The number of nitrogens with zero attached hydrogens (tertiary/aromatic N) is 5. The van der Waals surface area contributed by atoms with Crippen molar-refractivity contribution in [3.8, 4) is 11.1 Å². The van der Waals surface area contributed by atoms with Crippen LogP contribution in [0, 0.1) is 0 Å². The molecular formula is C20H14F3N5O2. The van der Waals surface area contributed by atoms with Gasteiger partial charge in [-0.1, -0.05) is 30.3 Å². The normalized spacial score (nSPS) is 11.6. The lowest BCUT2D eigenvalue weighted by atomic mass is 10.0. The summed E-state index contributed by atoms with van der Waals surface area (Å²) >= 11 is 0. The second kappa shape index (κ2) is 7.90. The third kappa shape index (κ3) is 4.43. The molecule has 0 fully saturated rings. The fourth-order valence-electron chi connectivity index (χ4n) is 2.86. The summed E-state index contributed by atoms with van der Waals surface area (Å²) in [6, 6.07) is 12.6. The van der Waals surface area contributed by atoms with Crippen molar-refractivity contribution in [2.75, 3.05) is 0 Å². The van der Waals surface area contributed by atoms with Crippen LogP contribution in [0.4, 0.5) is 13.2 Å². The summed E-state index contributed by atoms with van der Waals surface area (Å²) in [6.45, 7) is -0.0682. The van der Waals surface area contributed by atoms with Crippen molar-refractivity contribution in [1.82, 2.24) is 25.1 Å². The van der Waals surface area contributed by atoms with Gasteiger partial charge >= 0.3 is 11.7 Å². The number of hydrogen-bond acceptors (Lipinski definition) is 6. The largest absolute Gasteiger partial charge is 0.393 e. The van der Waals surface area contributed by atoms with Crippen LogP contribution in [-0.2, 0) is 13.0 Å². The van der Waals surface area contributed by atoms with E-state index in [1.54, 1.807) is 48.8 Å². The number of fused-ring (bicyclic) bond motifs is 1. The molecule has 0 amide bonds. The molecule has 0 aliphatic heterocycles. The molecule has 2 heterocycles. The van der Waals surface area contributed by atoms with Crippen LogP contribution in [0.1, 0.15) is 11.4 Å². The Morgan fingerprint density at radius 2 is 1.67 bits per heavy atom. The van der Waals surface area contributed by atoms with Crippen molar-refractivity contribution in [2.45, 2.75) is 19.2 Å². The Kier molecular flexibility index (Phi) is 5.13. The predicted molar refractivity (Wildman–Crippen MR) is 101 cm³/mol. The lowest BCUT2D eigenvalue weighted by molar-refractivity contribution is -0.127. The maximum atomic E-state index is 12.7.